The Bertz CT molecular complexity index is 252. The van der Waals surface area contributed by atoms with Crippen molar-refractivity contribution in [3.63, 3.8) is 0 Å². The molecule has 0 aliphatic rings. The molecule has 0 saturated carbocycles. The highest BCUT2D eigenvalue weighted by molar-refractivity contribution is 6.32. The fraction of sp³-hybridized carbons (Fsp3) is 0.400. The minimum Gasteiger partial charge on any atom is -0.368 e. The summed E-state index contributed by atoms with van der Waals surface area (Å²) in [6.07, 6.45) is 0. The van der Waals surface area contributed by atoms with Crippen molar-refractivity contribution in [2.45, 2.75) is 6.92 Å². The molecule has 1 rings (SSSR count). The number of hydrogen-bond acceptors (Lipinski definition) is 4. The second kappa shape index (κ2) is 3.69. The van der Waals surface area contributed by atoms with Crippen LogP contribution in [0.15, 0.2) is 0 Å². The molecule has 0 bridgehead atoms. The van der Waals surface area contributed by atoms with E-state index in [4.69, 9.17) is 23.2 Å². The van der Waals surface area contributed by atoms with Gasteiger partial charge in [-0.05, 0) is 18.5 Å². The molecule has 0 fully saturated rings. The molecule has 1 N–H and O–H groups in total. The summed E-state index contributed by atoms with van der Waals surface area (Å²) in [5.41, 5.74) is 0. The molecule has 0 aliphatic heterocycles. The Morgan fingerprint density at radius 1 is 1.36 bits per heavy atom. The van der Waals surface area contributed by atoms with Gasteiger partial charge < -0.3 is 5.32 Å². The van der Waals surface area contributed by atoms with Gasteiger partial charge in [0.2, 0.25) is 5.28 Å². The van der Waals surface area contributed by atoms with Gasteiger partial charge in [-0.2, -0.15) is 4.98 Å². The first-order chi connectivity index (χ1) is 5.24. The van der Waals surface area contributed by atoms with E-state index in [-0.39, 0.29) is 10.4 Å². The van der Waals surface area contributed by atoms with E-state index in [2.05, 4.69) is 20.5 Å². The summed E-state index contributed by atoms with van der Waals surface area (Å²) in [4.78, 5) is 3.81. The fourth-order valence-electron chi connectivity index (χ4n) is 0.573. The van der Waals surface area contributed by atoms with Crippen LogP contribution in [0.25, 0.3) is 0 Å². The van der Waals surface area contributed by atoms with Crippen molar-refractivity contribution in [1.29, 1.82) is 0 Å². The molecule has 1 heterocycles. The molecule has 0 aliphatic carbocycles. The van der Waals surface area contributed by atoms with E-state index >= 15 is 0 Å². The number of halogens is 2. The molecule has 0 amide bonds. The van der Waals surface area contributed by atoms with Crippen molar-refractivity contribution in [3.8, 4) is 0 Å². The maximum Gasteiger partial charge on any atom is 0.245 e. The Hall–Kier alpha value is -0.610. The van der Waals surface area contributed by atoms with Gasteiger partial charge in [-0.1, -0.05) is 11.6 Å². The van der Waals surface area contributed by atoms with E-state index in [1.807, 2.05) is 6.92 Å². The van der Waals surface area contributed by atoms with Gasteiger partial charge in [-0.25, -0.2) is 0 Å². The molecule has 0 saturated heterocycles. The van der Waals surface area contributed by atoms with Gasteiger partial charge in [0.15, 0.2) is 11.0 Å². The quantitative estimate of drug-likeness (QED) is 0.774. The number of aromatic nitrogens is 3. The topological polar surface area (TPSA) is 50.7 Å². The molecule has 1 aromatic rings. The summed E-state index contributed by atoms with van der Waals surface area (Å²) in [5, 5.41) is 10.2. The standard InChI is InChI=1S/C5H6Cl2N4/c1-2-8-4-3(6)10-11-5(7)9-4/h2H2,1H3,(H,8,9,11). The average Bonchev–Trinajstić information content (AvgIpc) is 1.98. The normalized spacial score (nSPS) is 9.73. The molecular weight excluding hydrogens is 187 g/mol. The lowest BCUT2D eigenvalue weighted by Gasteiger charge is -2.01. The monoisotopic (exact) mass is 192 g/mol. The van der Waals surface area contributed by atoms with Crippen molar-refractivity contribution in [2.75, 3.05) is 11.9 Å². The lowest BCUT2D eigenvalue weighted by atomic mass is 10.6. The second-order valence-electron chi connectivity index (χ2n) is 1.75. The molecule has 0 radical (unpaired) electrons. The molecule has 0 aromatic carbocycles. The van der Waals surface area contributed by atoms with Crippen LogP contribution in [-0.2, 0) is 0 Å². The predicted molar refractivity (Wildman–Crippen MR) is 44.0 cm³/mol. The van der Waals surface area contributed by atoms with E-state index in [0.717, 1.165) is 6.54 Å². The van der Waals surface area contributed by atoms with Crippen LogP contribution >= 0.6 is 23.2 Å². The van der Waals surface area contributed by atoms with Crippen molar-refractivity contribution >= 4 is 29.0 Å². The van der Waals surface area contributed by atoms with Gasteiger partial charge in [-0.15, -0.1) is 10.2 Å². The highest BCUT2D eigenvalue weighted by atomic mass is 35.5. The minimum absolute atomic E-state index is 0.0883. The molecule has 0 atom stereocenters. The Balaban J connectivity index is 2.93. The van der Waals surface area contributed by atoms with Crippen LogP contribution in [0.5, 0.6) is 0 Å². The van der Waals surface area contributed by atoms with Gasteiger partial charge in [0.05, 0.1) is 0 Å². The van der Waals surface area contributed by atoms with Crippen molar-refractivity contribution in [3.05, 3.63) is 10.4 Å². The number of rotatable bonds is 2. The Labute approximate surface area is 73.9 Å². The molecule has 1 aromatic heterocycles. The molecule has 60 valence electrons. The van der Waals surface area contributed by atoms with Crippen molar-refractivity contribution in [1.82, 2.24) is 15.2 Å². The van der Waals surface area contributed by atoms with Gasteiger partial charge >= 0.3 is 0 Å². The summed E-state index contributed by atoms with van der Waals surface area (Å²) in [7, 11) is 0. The highest BCUT2D eigenvalue weighted by Crippen LogP contribution is 2.15. The number of anilines is 1. The van der Waals surface area contributed by atoms with E-state index in [1.54, 1.807) is 0 Å². The first kappa shape index (κ1) is 8.49. The zero-order valence-electron chi connectivity index (χ0n) is 5.80. The third-order valence-electron chi connectivity index (χ3n) is 0.964. The summed E-state index contributed by atoms with van der Waals surface area (Å²) >= 11 is 11.1. The smallest absolute Gasteiger partial charge is 0.245 e. The number of hydrogen-bond donors (Lipinski definition) is 1. The van der Waals surface area contributed by atoms with Crippen LogP contribution < -0.4 is 5.32 Å². The maximum atomic E-state index is 5.62. The number of nitrogens with one attached hydrogen (secondary N) is 1. The predicted octanol–water partition coefficient (Wildman–Crippen LogP) is 1.61. The first-order valence-corrected chi connectivity index (χ1v) is 3.79. The van der Waals surface area contributed by atoms with E-state index in [9.17, 15) is 0 Å². The van der Waals surface area contributed by atoms with Gasteiger partial charge in [0, 0.05) is 6.54 Å². The molecule has 6 heteroatoms. The van der Waals surface area contributed by atoms with E-state index in [1.165, 1.54) is 0 Å². The minimum atomic E-state index is 0.0883. The van der Waals surface area contributed by atoms with Gasteiger partial charge in [0.1, 0.15) is 0 Å². The van der Waals surface area contributed by atoms with Crippen LogP contribution in [0, 0.1) is 0 Å². The maximum absolute atomic E-state index is 5.62. The molecule has 0 spiro atoms. The van der Waals surface area contributed by atoms with Crippen LogP contribution in [0.2, 0.25) is 10.4 Å². The van der Waals surface area contributed by atoms with Crippen molar-refractivity contribution in [2.24, 2.45) is 0 Å². The summed E-state index contributed by atoms with van der Waals surface area (Å²) < 4.78 is 0. The number of nitrogens with zero attached hydrogens (tertiary/aromatic N) is 3. The first-order valence-electron chi connectivity index (χ1n) is 3.03. The largest absolute Gasteiger partial charge is 0.368 e. The third kappa shape index (κ3) is 2.17. The molecule has 4 nitrogen and oxygen atoms in total. The van der Waals surface area contributed by atoms with Gasteiger partial charge in [0.25, 0.3) is 0 Å². The Morgan fingerprint density at radius 2 is 2.09 bits per heavy atom. The van der Waals surface area contributed by atoms with Crippen LogP contribution in [0.4, 0.5) is 5.82 Å². The average molecular weight is 193 g/mol. The van der Waals surface area contributed by atoms with Gasteiger partial charge in [-0.3, -0.25) is 0 Å². The van der Waals surface area contributed by atoms with E-state index < -0.39 is 0 Å². The summed E-state index contributed by atoms with van der Waals surface area (Å²) in [6, 6.07) is 0. The lowest BCUT2D eigenvalue weighted by molar-refractivity contribution is 0.964. The fourth-order valence-corrected chi connectivity index (χ4v) is 0.842. The summed E-state index contributed by atoms with van der Waals surface area (Å²) in [6.45, 7) is 2.64. The molecule has 11 heavy (non-hydrogen) atoms. The second-order valence-corrected chi connectivity index (χ2v) is 2.45. The lowest BCUT2D eigenvalue weighted by Crippen LogP contribution is -2.02. The third-order valence-corrected chi connectivity index (χ3v) is 1.38. The van der Waals surface area contributed by atoms with Crippen LogP contribution in [0.3, 0.4) is 0 Å². The molecular formula is C5H6Cl2N4. The summed E-state index contributed by atoms with van der Waals surface area (Å²) in [5.74, 6) is 0.467. The molecule has 0 unspecified atom stereocenters. The SMILES string of the molecule is CCNc1nc(Cl)nnc1Cl. The van der Waals surface area contributed by atoms with E-state index in [0.29, 0.717) is 5.82 Å². The highest BCUT2D eigenvalue weighted by Gasteiger charge is 2.02. The van der Waals surface area contributed by atoms with Crippen molar-refractivity contribution < 1.29 is 0 Å². The van der Waals surface area contributed by atoms with Crippen LogP contribution in [-0.4, -0.2) is 21.7 Å². The zero-order chi connectivity index (χ0) is 8.27. The Kier molecular flexibility index (Phi) is 2.84. The zero-order valence-corrected chi connectivity index (χ0v) is 7.32. The Morgan fingerprint density at radius 3 is 2.73 bits per heavy atom. The van der Waals surface area contributed by atoms with Crippen LogP contribution in [0.1, 0.15) is 6.92 Å².